The molecule has 2 aromatic rings. The van der Waals surface area contributed by atoms with Crippen LogP contribution in [-0.2, 0) is 14.3 Å². The van der Waals surface area contributed by atoms with Crippen molar-refractivity contribution < 1.29 is 14.3 Å². The smallest absolute Gasteiger partial charge is 0.303 e. The molecular weight excluding hydrogens is 302 g/mol. The number of aryl methyl sites for hydroxylation is 2. The highest BCUT2D eigenvalue weighted by molar-refractivity contribution is 7.10. The van der Waals surface area contributed by atoms with Crippen LogP contribution in [0.2, 0.25) is 0 Å². The van der Waals surface area contributed by atoms with Gasteiger partial charge in [-0.1, -0.05) is 6.07 Å². The molecule has 2 aromatic heterocycles. The van der Waals surface area contributed by atoms with Gasteiger partial charge in [0.2, 0.25) is 0 Å². The molecule has 1 unspecified atom stereocenters. The normalized spacial score (nSPS) is 12.0. The summed E-state index contributed by atoms with van der Waals surface area (Å²) in [4.78, 5) is 23.6. The van der Waals surface area contributed by atoms with Crippen LogP contribution in [0.3, 0.4) is 0 Å². The van der Waals surface area contributed by atoms with E-state index in [9.17, 15) is 9.59 Å². The van der Waals surface area contributed by atoms with Gasteiger partial charge in [0.25, 0.3) is 5.91 Å². The maximum absolute atomic E-state index is 11.7. The second kappa shape index (κ2) is 7.22. The first-order valence-electron chi connectivity index (χ1n) is 6.93. The van der Waals surface area contributed by atoms with Crippen molar-refractivity contribution in [3.05, 3.63) is 39.8 Å². The predicted molar refractivity (Wildman–Crippen MR) is 83.8 cm³/mol. The third-order valence-electron chi connectivity index (χ3n) is 3.11. The zero-order valence-electron chi connectivity index (χ0n) is 12.8. The minimum absolute atomic E-state index is 0.0741. The second-order valence-electron chi connectivity index (χ2n) is 4.99. The van der Waals surface area contributed by atoms with Crippen LogP contribution >= 0.6 is 11.3 Å². The van der Waals surface area contributed by atoms with E-state index in [-0.39, 0.29) is 18.6 Å². The number of carbonyl (C=O) groups excluding carboxylic acids is 2. The van der Waals surface area contributed by atoms with E-state index < -0.39 is 5.97 Å². The molecule has 1 amide bonds. The number of nitrogens with zero attached hydrogens (tertiary/aromatic N) is 2. The Morgan fingerprint density at radius 2 is 2.23 bits per heavy atom. The molecule has 22 heavy (non-hydrogen) atoms. The number of hydrogen-bond acceptors (Lipinski definition) is 5. The zero-order valence-corrected chi connectivity index (χ0v) is 13.6. The number of aromatic nitrogens is 2. The maximum Gasteiger partial charge on any atom is 0.303 e. The van der Waals surface area contributed by atoms with Gasteiger partial charge in [-0.15, -0.1) is 11.3 Å². The molecule has 0 aromatic carbocycles. The highest BCUT2D eigenvalue weighted by atomic mass is 32.1. The summed E-state index contributed by atoms with van der Waals surface area (Å²) in [6, 6.07) is 5.92. The quantitative estimate of drug-likeness (QED) is 0.824. The summed E-state index contributed by atoms with van der Waals surface area (Å²) in [6.45, 7) is 5.33. The molecule has 7 heteroatoms. The van der Waals surface area contributed by atoms with Gasteiger partial charge < -0.3 is 10.1 Å². The number of thiophene rings is 1. The number of esters is 1. The fourth-order valence-electron chi connectivity index (χ4n) is 2.18. The monoisotopic (exact) mass is 321 g/mol. The number of rotatable bonds is 6. The van der Waals surface area contributed by atoms with Crippen molar-refractivity contribution in [3.63, 3.8) is 0 Å². The van der Waals surface area contributed by atoms with Gasteiger partial charge in [0.1, 0.15) is 6.04 Å². The Labute approximate surface area is 133 Å². The number of nitrogens with one attached hydrogen (secondary N) is 1. The lowest BCUT2D eigenvalue weighted by Gasteiger charge is -2.18. The van der Waals surface area contributed by atoms with Crippen molar-refractivity contribution in [3.8, 4) is 0 Å². The topological polar surface area (TPSA) is 73.2 Å². The maximum atomic E-state index is 11.7. The van der Waals surface area contributed by atoms with Crippen LogP contribution in [0.4, 0.5) is 0 Å². The van der Waals surface area contributed by atoms with Crippen LogP contribution in [0, 0.1) is 13.8 Å². The number of carbonyl (C=O) groups is 2. The molecular formula is C15H19N3O3S. The summed E-state index contributed by atoms with van der Waals surface area (Å²) in [5, 5.41) is 9.29. The Hall–Kier alpha value is -2.15. The van der Waals surface area contributed by atoms with E-state index in [1.54, 1.807) is 11.3 Å². The summed E-state index contributed by atoms with van der Waals surface area (Å²) in [7, 11) is 0. The van der Waals surface area contributed by atoms with E-state index in [4.69, 9.17) is 0 Å². The largest absolute Gasteiger partial charge is 0.456 e. The Kier molecular flexibility index (Phi) is 5.32. The predicted octanol–water partition coefficient (Wildman–Crippen LogP) is 1.83. The summed E-state index contributed by atoms with van der Waals surface area (Å²) in [5.41, 5.74) is 1.97. The van der Waals surface area contributed by atoms with Gasteiger partial charge in [-0.3, -0.25) is 14.3 Å². The van der Waals surface area contributed by atoms with E-state index >= 15 is 0 Å². The molecule has 0 fully saturated rings. The first kappa shape index (κ1) is 16.2. The van der Waals surface area contributed by atoms with Crippen molar-refractivity contribution in [2.75, 3.05) is 13.2 Å². The van der Waals surface area contributed by atoms with Gasteiger partial charge in [0.15, 0.2) is 6.61 Å². The summed E-state index contributed by atoms with van der Waals surface area (Å²) >= 11 is 1.62. The van der Waals surface area contributed by atoms with E-state index in [0.717, 1.165) is 16.3 Å². The van der Waals surface area contributed by atoms with Gasteiger partial charge in [-0.2, -0.15) is 5.10 Å². The Balaban J connectivity index is 2.08. The van der Waals surface area contributed by atoms with E-state index in [1.165, 1.54) is 6.92 Å². The number of amides is 1. The van der Waals surface area contributed by atoms with E-state index in [1.807, 2.05) is 42.1 Å². The fraction of sp³-hybridized carbons (Fsp3) is 0.400. The summed E-state index contributed by atoms with van der Waals surface area (Å²) < 4.78 is 6.60. The molecule has 0 radical (unpaired) electrons. The van der Waals surface area contributed by atoms with E-state index in [2.05, 4.69) is 15.2 Å². The van der Waals surface area contributed by atoms with Crippen LogP contribution in [0.15, 0.2) is 23.6 Å². The van der Waals surface area contributed by atoms with Gasteiger partial charge >= 0.3 is 5.97 Å². The van der Waals surface area contributed by atoms with Crippen LogP contribution in [0.1, 0.15) is 29.2 Å². The minimum atomic E-state index is -0.469. The molecule has 0 aliphatic heterocycles. The van der Waals surface area contributed by atoms with Crippen molar-refractivity contribution in [1.29, 1.82) is 0 Å². The highest BCUT2D eigenvalue weighted by Gasteiger charge is 2.19. The van der Waals surface area contributed by atoms with Crippen LogP contribution in [0.5, 0.6) is 0 Å². The average Bonchev–Trinajstić information content (AvgIpc) is 3.07. The molecule has 2 heterocycles. The fourth-order valence-corrected chi connectivity index (χ4v) is 2.99. The van der Waals surface area contributed by atoms with Crippen molar-refractivity contribution in [2.24, 2.45) is 0 Å². The first-order valence-corrected chi connectivity index (χ1v) is 7.81. The Morgan fingerprint density at radius 3 is 2.77 bits per heavy atom. The average molecular weight is 321 g/mol. The number of ether oxygens (including phenoxy) is 1. The lowest BCUT2D eigenvalue weighted by atomic mass is 10.2. The molecule has 0 spiro atoms. The Bertz CT molecular complexity index is 649. The molecule has 0 bridgehead atoms. The highest BCUT2D eigenvalue weighted by Crippen LogP contribution is 2.24. The number of hydrogen-bond donors (Lipinski definition) is 1. The summed E-state index contributed by atoms with van der Waals surface area (Å²) in [5.74, 6) is -0.790. The zero-order chi connectivity index (χ0) is 16.1. The van der Waals surface area contributed by atoms with Crippen LogP contribution < -0.4 is 5.32 Å². The minimum Gasteiger partial charge on any atom is -0.456 e. The summed E-state index contributed by atoms with van der Waals surface area (Å²) in [6.07, 6.45) is 0. The molecule has 2 rings (SSSR count). The molecule has 0 aliphatic carbocycles. The molecule has 0 saturated carbocycles. The molecule has 1 atom stereocenters. The van der Waals surface area contributed by atoms with Gasteiger partial charge in [0.05, 0.1) is 5.69 Å². The van der Waals surface area contributed by atoms with Crippen LogP contribution in [0.25, 0.3) is 0 Å². The molecule has 118 valence electrons. The van der Waals surface area contributed by atoms with Crippen molar-refractivity contribution in [1.82, 2.24) is 15.1 Å². The van der Waals surface area contributed by atoms with Gasteiger partial charge in [-0.25, -0.2) is 0 Å². The molecule has 1 N–H and O–H groups in total. The third kappa shape index (κ3) is 4.17. The van der Waals surface area contributed by atoms with Crippen molar-refractivity contribution in [2.45, 2.75) is 26.8 Å². The van der Waals surface area contributed by atoms with Crippen LogP contribution in [-0.4, -0.2) is 34.8 Å². The van der Waals surface area contributed by atoms with Gasteiger partial charge in [0, 0.05) is 24.0 Å². The first-order chi connectivity index (χ1) is 10.5. The SMILES string of the molecule is CC(=O)OCC(=O)NCC(c1cccs1)n1nc(C)cc1C. The van der Waals surface area contributed by atoms with Crippen molar-refractivity contribution >= 4 is 23.2 Å². The lowest BCUT2D eigenvalue weighted by molar-refractivity contribution is -0.146. The lowest BCUT2D eigenvalue weighted by Crippen LogP contribution is -2.34. The molecule has 6 nitrogen and oxygen atoms in total. The Morgan fingerprint density at radius 1 is 1.45 bits per heavy atom. The molecule has 0 saturated heterocycles. The van der Waals surface area contributed by atoms with Gasteiger partial charge in [-0.05, 0) is 31.4 Å². The van der Waals surface area contributed by atoms with E-state index in [0.29, 0.717) is 6.54 Å². The second-order valence-corrected chi connectivity index (χ2v) is 5.97. The standard InChI is InChI=1S/C15H19N3O3S/c1-10-7-11(2)18(17-10)13(14-5-4-6-22-14)8-16-15(20)9-21-12(3)19/h4-7,13H,8-9H2,1-3H3,(H,16,20). The third-order valence-corrected chi connectivity index (χ3v) is 4.08. The molecule has 0 aliphatic rings.